The summed E-state index contributed by atoms with van der Waals surface area (Å²) in [6.45, 7) is 7.34. The van der Waals surface area contributed by atoms with Crippen molar-refractivity contribution in [2.24, 2.45) is 0 Å². The van der Waals surface area contributed by atoms with Crippen LogP contribution in [-0.2, 0) is 6.54 Å². The molecule has 0 unspecified atom stereocenters. The third-order valence-electron chi connectivity index (χ3n) is 3.63. The van der Waals surface area contributed by atoms with Crippen LogP contribution in [0.2, 0.25) is 0 Å². The van der Waals surface area contributed by atoms with Crippen LogP contribution in [0.4, 0.5) is 16.2 Å². The van der Waals surface area contributed by atoms with Crippen molar-refractivity contribution in [2.45, 2.75) is 33.4 Å². The van der Waals surface area contributed by atoms with Gasteiger partial charge in [-0.25, -0.2) is 4.79 Å². The van der Waals surface area contributed by atoms with E-state index in [1.807, 2.05) is 45.0 Å². The van der Waals surface area contributed by atoms with Crippen LogP contribution < -0.4 is 21.3 Å². The summed E-state index contributed by atoms with van der Waals surface area (Å²) in [6.07, 6.45) is 0. The van der Waals surface area contributed by atoms with E-state index in [2.05, 4.69) is 21.3 Å². The van der Waals surface area contributed by atoms with Crippen molar-refractivity contribution in [3.05, 3.63) is 59.7 Å². The van der Waals surface area contributed by atoms with Gasteiger partial charge in [0.25, 0.3) is 5.91 Å². The van der Waals surface area contributed by atoms with Gasteiger partial charge < -0.3 is 21.3 Å². The molecule has 0 saturated heterocycles. The van der Waals surface area contributed by atoms with Crippen molar-refractivity contribution >= 4 is 35.7 Å². The fourth-order valence-electron chi connectivity index (χ4n) is 2.42. The molecule has 0 heterocycles. The van der Waals surface area contributed by atoms with Gasteiger partial charge in [0, 0.05) is 29.5 Å². The van der Waals surface area contributed by atoms with Crippen molar-refractivity contribution < 1.29 is 9.59 Å². The lowest BCUT2D eigenvalue weighted by molar-refractivity contribution is 0.102. The van der Waals surface area contributed by atoms with E-state index < -0.39 is 0 Å². The fourth-order valence-corrected chi connectivity index (χ4v) is 2.42. The van der Waals surface area contributed by atoms with Crippen molar-refractivity contribution in [3.8, 4) is 0 Å². The minimum atomic E-state index is -0.298. The summed E-state index contributed by atoms with van der Waals surface area (Å²) >= 11 is 0. The topological polar surface area (TPSA) is 82.3 Å². The van der Waals surface area contributed by atoms with E-state index in [-0.39, 0.29) is 30.4 Å². The zero-order valence-corrected chi connectivity index (χ0v) is 16.7. The van der Waals surface area contributed by atoms with E-state index in [1.165, 1.54) is 0 Å². The van der Waals surface area contributed by atoms with Gasteiger partial charge in [-0.3, -0.25) is 4.79 Å². The summed E-state index contributed by atoms with van der Waals surface area (Å²) in [6, 6.07) is 14.3. The summed E-state index contributed by atoms with van der Waals surface area (Å²) in [7, 11) is 0. The number of urea groups is 1. The molecule has 3 amide bonds. The van der Waals surface area contributed by atoms with Crippen LogP contribution in [0, 0.1) is 0 Å². The van der Waals surface area contributed by atoms with Gasteiger partial charge in [-0.15, -0.1) is 12.4 Å². The lowest BCUT2D eigenvalue weighted by atomic mass is 10.1. The maximum absolute atomic E-state index is 12.6. The third kappa shape index (κ3) is 7.29. The van der Waals surface area contributed by atoms with Gasteiger partial charge in [-0.05, 0) is 50.2 Å². The number of amides is 3. The van der Waals surface area contributed by atoms with Crippen LogP contribution in [0.3, 0.4) is 0 Å². The maximum Gasteiger partial charge on any atom is 0.319 e. The quantitative estimate of drug-likeness (QED) is 0.576. The molecule has 0 saturated carbocycles. The van der Waals surface area contributed by atoms with Crippen molar-refractivity contribution in [1.29, 1.82) is 0 Å². The molecule has 0 radical (unpaired) electrons. The van der Waals surface area contributed by atoms with Gasteiger partial charge in [-0.2, -0.15) is 0 Å². The van der Waals surface area contributed by atoms with Gasteiger partial charge in [0.05, 0.1) is 0 Å². The van der Waals surface area contributed by atoms with Gasteiger partial charge in [0.1, 0.15) is 0 Å². The molecule has 0 bridgehead atoms. The maximum atomic E-state index is 12.6. The van der Waals surface area contributed by atoms with Gasteiger partial charge in [-0.1, -0.05) is 31.2 Å². The molecular weight excluding hydrogens is 364 g/mol. The minimum absolute atomic E-state index is 0. The van der Waals surface area contributed by atoms with E-state index in [4.69, 9.17) is 0 Å². The third-order valence-corrected chi connectivity index (χ3v) is 3.63. The molecule has 2 aromatic carbocycles. The Morgan fingerprint density at radius 1 is 1.00 bits per heavy atom. The Balaban J connectivity index is 0.00000364. The number of anilines is 2. The van der Waals surface area contributed by atoms with Crippen LogP contribution >= 0.6 is 12.4 Å². The zero-order valence-electron chi connectivity index (χ0n) is 15.8. The number of carbonyl (C=O) groups is 2. The Kier molecular flexibility index (Phi) is 9.33. The molecule has 4 N–H and O–H groups in total. The molecule has 0 aliphatic carbocycles. The second-order valence-electron chi connectivity index (χ2n) is 6.23. The number of nitrogens with one attached hydrogen (secondary N) is 4. The number of halogens is 1. The number of rotatable bonds is 7. The first kappa shape index (κ1) is 22.5. The Hall–Kier alpha value is -2.57. The van der Waals surface area contributed by atoms with Crippen LogP contribution in [0.1, 0.15) is 36.7 Å². The smallest absolute Gasteiger partial charge is 0.319 e. The fraction of sp³-hybridized carbons (Fsp3) is 0.300. The predicted octanol–water partition coefficient (Wildman–Crippen LogP) is 4.00. The molecule has 0 aliphatic heterocycles. The monoisotopic (exact) mass is 390 g/mol. The molecule has 2 rings (SSSR count). The normalized spacial score (nSPS) is 10.1. The molecular formula is C20H27ClN4O2. The average molecular weight is 391 g/mol. The van der Waals surface area contributed by atoms with Crippen molar-refractivity contribution in [3.63, 3.8) is 0 Å². The van der Waals surface area contributed by atoms with Crippen LogP contribution in [-0.4, -0.2) is 24.5 Å². The SMILES string of the molecule is CCNCc1ccccc1NC(=O)c1cccc(NC(=O)NC(C)C)c1.Cl. The van der Waals surface area contributed by atoms with Crippen LogP contribution in [0.25, 0.3) is 0 Å². The molecule has 0 aliphatic rings. The van der Waals surface area contributed by atoms with E-state index >= 15 is 0 Å². The lowest BCUT2D eigenvalue weighted by Gasteiger charge is -2.13. The Labute approximate surface area is 166 Å². The van der Waals surface area contributed by atoms with Crippen LogP contribution in [0.15, 0.2) is 48.5 Å². The molecule has 6 nitrogen and oxygen atoms in total. The average Bonchev–Trinajstić information content (AvgIpc) is 2.60. The highest BCUT2D eigenvalue weighted by Gasteiger charge is 2.10. The second kappa shape index (κ2) is 11.2. The first-order valence-corrected chi connectivity index (χ1v) is 8.77. The van der Waals surface area contributed by atoms with E-state index in [1.54, 1.807) is 24.3 Å². The number of benzene rings is 2. The molecule has 0 atom stereocenters. The molecule has 27 heavy (non-hydrogen) atoms. The highest BCUT2D eigenvalue weighted by molar-refractivity contribution is 6.05. The zero-order chi connectivity index (χ0) is 18.9. The molecule has 2 aromatic rings. The molecule has 0 spiro atoms. The van der Waals surface area contributed by atoms with Crippen molar-refractivity contribution in [1.82, 2.24) is 10.6 Å². The van der Waals surface area contributed by atoms with E-state index in [0.29, 0.717) is 17.8 Å². The summed E-state index contributed by atoms with van der Waals surface area (Å²) in [4.78, 5) is 24.4. The van der Waals surface area contributed by atoms with Gasteiger partial charge >= 0.3 is 6.03 Å². The number of hydrogen-bond acceptors (Lipinski definition) is 3. The summed E-state index contributed by atoms with van der Waals surface area (Å²) in [5.41, 5.74) is 2.84. The number of hydrogen-bond donors (Lipinski definition) is 4. The van der Waals surface area contributed by atoms with Gasteiger partial charge in [0.15, 0.2) is 0 Å². The highest BCUT2D eigenvalue weighted by Crippen LogP contribution is 2.17. The summed E-state index contributed by atoms with van der Waals surface area (Å²) < 4.78 is 0. The summed E-state index contributed by atoms with van der Waals surface area (Å²) in [5.74, 6) is -0.220. The molecule has 0 fully saturated rings. The molecule has 7 heteroatoms. The van der Waals surface area contributed by atoms with E-state index in [0.717, 1.165) is 17.8 Å². The number of carbonyl (C=O) groups excluding carboxylic acids is 2. The molecule has 0 aromatic heterocycles. The second-order valence-corrected chi connectivity index (χ2v) is 6.23. The highest BCUT2D eigenvalue weighted by atomic mass is 35.5. The Morgan fingerprint density at radius 2 is 1.74 bits per heavy atom. The lowest BCUT2D eigenvalue weighted by Crippen LogP contribution is -2.34. The summed E-state index contributed by atoms with van der Waals surface area (Å²) in [5, 5.41) is 11.7. The standard InChI is InChI=1S/C20H26N4O2.ClH/c1-4-21-13-16-8-5-6-11-18(16)24-19(25)15-9-7-10-17(12-15)23-20(26)22-14(2)3;/h5-12,14,21H,4,13H2,1-3H3,(H,24,25)(H2,22,23,26);1H. The molecule has 146 valence electrons. The van der Waals surface area contributed by atoms with E-state index in [9.17, 15) is 9.59 Å². The Bertz CT molecular complexity index is 765. The first-order valence-electron chi connectivity index (χ1n) is 8.77. The van der Waals surface area contributed by atoms with Crippen LogP contribution in [0.5, 0.6) is 0 Å². The van der Waals surface area contributed by atoms with Crippen molar-refractivity contribution in [2.75, 3.05) is 17.2 Å². The van der Waals surface area contributed by atoms with Gasteiger partial charge in [0.2, 0.25) is 0 Å². The first-order chi connectivity index (χ1) is 12.5. The predicted molar refractivity (Wildman–Crippen MR) is 113 cm³/mol. The Morgan fingerprint density at radius 3 is 2.44 bits per heavy atom. The number of para-hydroxylation sites is 1. The largest absolute Gasteiger partial charge is 0.336 e. The minimum Gasteiger partial charge on any atom is -0.336 e.